The van der Waals surface area contributed by atoms with Crippen LogP contribution in [0.15, 0.2) is 42.5 Å². The van der Waals surface area contributed by atoms with E-state index in [2.05, 4.69) is 19.1 Å². The number of rotatable bonds is 4. The van der Waals surface area contributed by atoms with Gasteiger partial charge in [0.25, 0.3) is 0 Å². The first-order valence-corrected chi connectivity index (χ1v) is 6.89. The molecule has 0 unspecified atom stereocenters. The van der Waals surface area contributed by atoms with Gasteiger partial charge in [-0.3, -0.25) is 0 Å². The van der Waals surface area contributed by atoms with E-state index in [0.717, 1.165) is 22.4 Å². The van der Waals surface area contributed by atoms with Gasteiger partial charge in [0.15, 0.2) is 0 Å². The molecule has 0 aliphatic heterocycles. The molecule has 0 spiro atoms. The topological polar surface area (TPSA) is 29.5 Å². The van der Waals surface area contributed by atoms with Gasteiger partial charge in [0.2, 0.25) is 0 Å². The summed E-state index contributed by atoms with van der Waals surface area (Å²) < 4.78 is 5.93. The summed E-state index contributed by atoms with van der Waals surface area (Å²) in [4.78, 5) is 0. The van der Waals surface area contributed by atoms with Crippen LogP contribution in [-0.4, -0.2) is 5.11 Å². The summed E-state index contributed by atoms with van der Waals surface area (Å²) in [6, 6.07) is 14.0. The lowest BCUT2D eigenvalue weighted by Gasteiger charge is -2.22. The Morgan fingerprint density at radius 3 is 2.45 bits per heavy atom. The molecule has 106 valence electrons. The highest BCUT2D eigenvalue weighted by atomic mass is 16.5. The number of aryl methyl sites for hydroxylation is 2. The van der Waals surface area contributed by atoms with Gasteiger partial charge in [-0.1, -0.05) is 36.4 Å². The fourth-order valence-electron chi connectivity index (χ4n) is 2.26. The van der Waals surface area contributed by atoms with Crippen LogP contribution in [0.4, 0.5) is 0 Å². The van der Waals surface area contributed by atoms with Crippen LogP contribution in [0.3, 0.4) is 0 Å². The molecule has 2 nitrogen and oxygen atoms in total. The number of benzene rings is 2. The number of hydrogen-bond donors (Lipinski definition) is 1. The molecule has 20 heavy (non-hydrogen) atoms. The van der Waals surface area contributed by atoms with Gasteiger partial charge >= 0.3 is 0 Å². The minimum absolute atomic E-state index is 0.463. The van der Waals surface area contributed by atoms with E-state index in [1.165, 1.54) is 5.56 Å². The first-order valence-electron chi connectivity index (χ1n) is 6.89. The monoisotopic (exact) mass is 270 g/mol. The molecule has 0 amide bonds. The van der Waals surface area contributed by atoms with Gasteiger partial charge in [-0.25, -0.2) is 0 Å². The van der Waals surface area contributed by atoms with Gasteiger partial charge in [0, 0.05) is 0 Å². The average molecular weight is 270 g/mol. The molecule has 0 saturated carbocycles. The van der Waals surface area contributed by atoms with Gasteiger partial charge in [-0.2, -0.15) is 0 Å². The molecule has 2 heteroatoms. The Morgan fingerprint density at radius 1 is 1.05 bits per heavy atom. The first-order chi connectivity index (χ1) is 9.38. The van der Waals surface area contributed by atoms with Crippen molar-refractivity contribution >= 4 is 0 Å². The summed E-state index contributed by atoms with van der Waals surface area (Å²) in [6.45, 7) is 8.14. The maximum atomic E-state index is 10.2. The molecule has 0 radical (unpaired) electrons. The molecule has 0 aromatic heterocycles. The quantitative estimate of drug-likeness (QED) is 0.906. The van der Waals surface area contributed by atoms with Crippen LogP contribution in [0, 0.1) is 13.8 Å². The standard InChI is InChI=1S/C18H22O2/c1-13-9-10-14(2)17(11-13)20-12-15-7-5-6-8-16(15)18(3,4)19/h5-11,19H,12H2,1-4H3. The van der Waals surface area contributed by atoms with E-state index in [1.807, 2.05) is 37.3 Å². The van der Waals surface area contributed by atoms with Crippen LogP contribution in [0.5, 0.6) is 5.75 Å². The number of ether oxygens (including phenoxy) is 1. The number of aliphatic hydroxyl groups is 1. The molecule has 0 heterocycles. The summed E-state index contributed by atoms with van der Waals surface area (Å²) in [5.41, 5.74) is 3.37. The summed E-state index contributed by atoms with van der Waals surface area (Å²) in [7, 11) is 0. The first kappa shape index (κ1) is 14.6. The SMILES string of the molecule is Cc1ccc(C)c(OCc2ccccc2C(C)(C)O)c1. The Morgan fingerprint density at radius 2 is 1.75 bits per heavy atom. The van der Waals surface area contributed by atoms with Gasteiger partial charge in [-0.05, 0) is 56.0 Å². The Kier molecular flexibility index (Phi) is 4.15. The Hall–Kier alpha value is -1.80. The van der Waals surface area contributed by atoms with E-state index in [4.69, 9.17) is 4.74 Å². The summed E-state index contributed by atoms with van der Waals surface area (Å²) >= 11 is 0. The van der Waals surface area contributed by atoms with Crippen molar-refractivity contribution in [2.24, 2.45) is 0 Å². The van der Waals surface area contributed by atoms with Crippen molar-refractivity contribution in [2.75, 3.05) is 0 Å². The Labute approximate surface area is 121 Å². The molecule has 0 aliphatic rings. The van der Waals surface area contributed by atoms with Crippen LogP contribution in [0.1, 0.15) is 36.1 Å². The lowest BCUT2D eigenvalue weighted by atomic mass is 9.93. The molecule has 1 N–H and O–H groups in total. The zero-order chi connectivity index (χ0) is 14.8. The van der Waals surface area contributed by atoms with Crippen LogP contribution >= 0.6 is 0 Å². The van der Waals surface area contributed by atoms with Crippen molar-refractivity contribution in [3.05, 3.63) is 64.7 Å². The molecular formula is C18H22O2. The maximum Gasteiger partial charge on any atom is 0.122 e. The highest BCUT2D eigenvalue weighted by molar-refractivity contribution is 5.37. The van der Waals surface area contributed by atoms with E-state index in [1.54, 1.807) is 13.8 Å². The second-order valence-corrected chi connectivity index (χ2v) is 5.77. The highest BCUT2D eigenvalue weighted by Gasteiger charge is 2.19. The van der Waals surface area contributed by atoms with Crippen molar-refractivity contribution in [3.63, 3.8) is 0 Å². The summed E-state index contributed by atoms with van der Waals surface area (Å²) in [6.07, 6.45) is 0. The summed E-state index contributed by atoms with van der Waals surface area (Å²) in [5.74, 6) is 0.899. The minimum atomic E-state index is -0.860. The Bertz CT molecular complexity index is 595. The second-order valence-electron chi connectivity index (χ2n) is 5.77. The number of hydrogen-bond acceptors (Lipinski definition) is 2. The van der Waals surface area contributed by atoms with Crippen molar-refractivity contribution in [2.45, 2.75) is 39.9 Å². The minimum Gasteiger partial charge on any atom is -0.489 e. The normalized spacial score (nSPS) is 11.4. The zero-order valence-corrected chi connectivity index (χ0v) is 12.6. The molecule has 0 bridgehead atoms. The summed E-state index contributed by atoms with van der Waals surface area (Å²) in [5, 5.41) is 10.2. The molecule has 2 rings (SSSR count). The van der Waals surface area contributed by atoms with Gasteiger partial charge < -0.3 is 9.84 Å². The van der Waals surface area contributed by atoms with Crippen LogP contribution < -0.4 is 4.74 Å². The maximum absolute atomic E-state index is 10.2. The fraction of sp³-hybridized carbons (Fsp3) is 0.333. The molecule has 0 fully saturated rings. The van der Waals surface area contributed by atoms with Crippen LogP contribution in [0.25, 0.3) is 0 Å². The van der Waals surface area contributed by atoms with Gasteiger partial charge in [-0.15, -0.1) is 0 Å². The van der Waals surface area contributed by atoms with E-state index < -0.39 is 5.60 Å². The predicted octanol–water partition coefficient (Wildman–Crippen LogP) is 4.11. The molecule has 2 aromatic rings. The van der Waals surface area contributed by atoms with E-state index >= 15 is 0 Å². The third-order valence-electron chi connectivity index (χ3n) is 3.40. The third-order valence-corrected chi connectivity index (χ3v) is 3.40. The van der Waals surface area contributed by atoms with Crippen molar-refractivity contribution in [1.29, 1.82) is 0 Å². The largest absolute Gasteiger partial charge is 0.489 e. The fourth-order valence-corrected chi connectivity index (χ4v) is 2.26. The molecular weight excluding hydrogens is 248 g/mol. The van der Waals surface area contributed by atoms with Crippen molar-refractivity contribution in [1.82, 2.24) is 0 Å². The zero-order valence-electron chi connectivity index (χ0n) is 12.6. The molecule has 2 aromatic carbocycles. The highest BCUT2D eigenvalue weighted by Crippen LogP contribution is 2.26. The van der Waals surface area contributed by atoms with Crippen LogP contribution in [0.2, 0.25) is 0 Å². The Balaban J connectivity index is 2.21. The smallest absolute Gasteiger partial charge is 0.122 e. The molecule has 0 saturated heterocycles. The van der Waals surface area contributed by atoms with E-state index in [0.29, 0.717) is 6.61 Å². The van der Waals surface area contributed by atoms with Gasteiger partial charge in [0.1, 0.15) is 12.4 Å². The predicted molar refractivity (Wildman–Crippen MR) is 81.9 cm³/mol. The van der Waals surface area contributed by atoms with Crippen molar-refractivity contribution in [3.8, 4) is 5.75 Å². The molecule has 0 aliphatic carbocycles. The lowest BCUT2D eigenvalue weighted by molar-refractivity contribution is 0.0763. The van der Waals surface area contributed by atoms with Crippen LogP contribution in [-0.2, 0) is 12.2 Å². The van der Waals surface area contributed by atoms with Crippen molar-refractivity contribution < 1.29 is 9.84 Å². The third kappa shape index (κ3) is 3.40. The second kappa shape index (κ2) is 5.68. The van der Waals surface area contributed by atoms with Gasteiger partial charge in [0.05, 0.1) is 5.60 Å². The van der Waals surface area contributed by atoms with E-state index in [9.17, 15) is 5.11 Å². The average Bonchev–Trinajstić information content (AvgIpc) is 2.39. The molecule has 0 atom stereocenters. The van der Waals surface area contributed by atoms with E-state index in [-0.39, 0.29) is 0 Å². The lowest BCUT2D eigenvalue weighted by Crippen LogP contribution is -2.18.